The van der Waals surface area contributed by atoms with Crippen molar-refractivity contribution in [2.45, 2.75) is 31.8 Å². The Morgan fingerprint density at radius 2 is 1.84 bits per heavy atom. The monoisotopic (exact) mass is 533 g/mol. The number of hydrogen-bond donors (Lipinski definition) is 3. The van der Waals surface area contributed by atoms with Gasteiger partial charge in [0.15, 0.2) is 0 Å². The smallest absolute Gasteiger partial charge is 0.249 e. The Bertz CT molecular complexity index is 1260. The van der Waals surface area contributed by atoms with Gasteiger partial charge in [0.05, 0.1) is 30.3 Å². The van der Waals surface area contributed by atoms with Gasteiger partial charge in [-0.3, -0.25) is 19.9 Å². The largest absolute Gasteiger partial charge is 0.497 e. The molecule has 2 heterocycles. The molecule has 11 heteroatoms. The summed E-state index contributed by atoms with van der Waals surface area (Å²) >= 11 is 0. The molecule has 3 N–H and O–H groups in total. The molecule has 204 valence electrons. The van der Waals surface area contributed by atoms with Gasteiger partial charge in [0.1, 0.15) is 35.6 Å². The third kappa shape index (κ3) is 6.17. The number of rotatable bonds is 10. The SMILES string of the molecule is COc1ccc2ncc(F)c([C@H](O)CCC3(C(=O)NO)CCN(CCOc4cc(F)cc(F)c4)CC3)c2c1. The Labute approximate surface area is 218 Å². The predicted molar refractivity (Wildman–Crippen MR) is 132 cm³/mol. The van der Waals surface area contributed by atoms with Gasteiger partial charge in [0, 0.05) is 35.7 Å². The number of fused-ring (bicyclic) bond motifs is 1. The number of ether oxygens (including phenoxy) is 2. The zero-order valence-electron chi connectivity index (χ0n) is 20.9. The number of halogens is 3. The lowest BCUT2D eigenvalue weighted by Crippen LogP contribution is -2.49. The molecule has 0 bridgehead atoms. The van der Waals surface area contributed by atoms with Crippen molar-refractivity contribution >= 4 is 16.8 Å². The number of nitrogens with one attached hydrogen (secondary N) is 1. The molecule has 1 amide bonds. The highest BCUT2D eigenvalue weighted by molar-refractivity contribution is 5.84. The summed E-state index contributed by atoms with van der Waals surface area (Å²) in [6.45, 7) is 1.65. The van der Waals surface area contributed by atoms with E-state index in [2.05, 4.69) is 4.98 Å². The minimum Gasteiger partial charge on any atom is -0.497 e. The van der Waals surface area contributed by atoms with Gasteiger partial charge < -0.3 is 14.6 Å². The number of likely N-dealkylation sites (tertiary alicyclic amines) is 1. The van der Waals surface area contributed by atoms with Crippen molar-refractivity contribution < 1.29 is 37.8 Å². The van der Waals surface area contributed by atoms with Gasteiger partial charge in [-0.25, -0.2) is 18.7 Å². The van der Waals surface area contributed by atoms with Crippen LogP contribution in [0.4, 0.5) is 13.2 Å². The molecule has 1 aliphatic rings. The van der Waals surface area contributed by atoms with E-state index in [0.717, 1.165) is 24.4 Å². The van der Waals surface area contributed by atoms with Crippen LogP contribution in [-0.4, -0.2) is 59.5 Å². The first-order valence-corrected chi connectivity index (χ1v) is 12.3. The average molecular weight is 534 g/mol. The number of nitrogens with zero attached hydrogens (tertiary/aromatic N) is 2. The van der Waals surface area contributed by atoms with Crippen LogP contribution in [0.25, 0.3) is 10.9 Å². The standard InChI is InChI=1S/C27H30F3N3O5/c1-37-19-2-3-23-21(15-19)25(22(30)16-31-23)24(34)4-5-27(26(35)32-36)6-8-33(9-7-27)10-11-38-20-13-17(28)12-18(29)14-20/h2-3,12-16,24,34,36H,4-11H2,1H3,(H,32,35)/t24-/m1/s1. The van der Waals surface area contributed by atoms with Gasteiger partial charge >= 0.3 is 0 Å². The summed E-state index contributed by atoms with van der Waals surface area (Å²) in [5, 5.41) is 20.8. The Balaban J connectivity index is 1.39. The summed E-state index contributed by atoms with van der Waals surface area (Å²) in [4.78, 5) is 18.8. The molecule has 1 saturated heterocycles. The van der Waals surface area contributed by atoms with Gasteiger partial charge in [-0.2, -0.15) is 0 Å². The fraction of sp³-hybridized carbons (Fsp3) is 0.407. The number of pyridine rings is 1. The summed E-state index contributed by atoms with van der Waals surface area (Å²) in [6.07, 6.45) is 0.897. The van der Waals surface area contributed by atoms with Crippen LogP contribution < -0.4 is 15.0 Å². The number of hydrogen-bond acceptors (Lipinski definition) is 7. The van der Waals surface area contributed by atoms with E-state index in [1.165, 1.54) is 7.11 Å². The van der Waals surface area contributed by atoms with Crippen LogP contribution in [0.2, 0.25) is 0 Å². The number of amides is 1. The quantitative estimate of drug-likeness (QED) is 0.266. The van der Waals surface area contributed by atoms with Crippen LogP contribution >= 0.6 is 0 Å². The Kier molecular flexibility index (Phi) is 8.70. The first kappa shape index (κ1) is 27.6. The molecule has 2 aromatic carbocycles. The molecule has 38 heavy (non-hydrogen) atoms. The average Bonchev–Trinajstić information content (AvgIpc) is 2.91. The van der Waals surface area contributed by atoms with E-state index in [-0.39, 0.29) is 30.8 Å². The van der Waals surface area contributed by atoms with Crippen molar-refractivity contribution in [3.63, 3.8) is 0 Å². The molecule has 0 saturated carbocycles. The predicted octanol–water partition coefficient (Wildman–Crippen LogP) is 4.14. The van der Waals surface area contributed by atoms with E-state index >= 15 is 0 Å². The summed E-state index contributed by atoms with van der Waals surface area (Å²) in [7, 11) is 1.49. The molecule has 0 unspecified atom stereocenters. The minimum atomic E-state index is -1.21. The van der Waals surface area contributed by atoms with Crippen LogP contribution in [0.3, 0.4) is 0 Å². The molecule has 0 spiro atoms. The summed E-state index contributed by atoms with van der Waals surface area (Å²) in [5.74, 6) is -2.08. The minimum absolute atomic E-state index is 0.0783. The number of carbonyl (C=O) groups excluding carboxylic acids is 1. The number of aliphatic hydroxyl groups excluding tert-OH is 1. The number of aliphatic hydroxyl groups is 1. The second-order valence-corrected chi connectivity index (χ2v) is 9.47. The van der Waals surface area contributed by atoms with Crippen LogP contribution in [0.5, 0.6) is 11.5 Å². The summed E-state index contributed by atoms with van der Waals surface area (Å²) in [6, 6.07) is 7.95. The van der Waals surface area contributed by atoms with Crippen LogP contribution in [-0.2, 0) is 4.79 Å². The maximum Gasteiger partial charge on any atom is 0.249 e. The molecule has 0 aliphatic carbocycles. The van der Waals surface area contributed by atoms with Crippen molar-refractivity contribution in [1.82, 2.24) is 15.4 Å². The fourth-order valence-corrected chi connectivity index (χ4v) is 5.01. The Morgan fingerprint density at radius 3 is 2.50 bits per heavy atom. The van der Waals surface area contributed by atoms with Crippen molar-refractivity contribution in [3.8, 4) is 11.5 Å². The van der Waals surface area contributed by atoms with E-state index < -0.39 is 34.9 Å². The van der Waals surface area contributed by atoms with Crippen LogP contribution in [0.15, 0.2) is 42.6 Å². The lowest BCUT2D eigenvalue weighted by atomic mass is 9.73. The van der Waals surface area contributed by atoms with E-state index in [1.807, 2.05) is 4.90 Å². The van der Waals surface area contributed by atoms with E-state index in [9.17, 15) is 28.3 Å². The van der Waals surface area contributed by atoms with Crippen molar-refractivity contribution in [3.05, 3.63) is 65.6 Å². The van der Waals surface area contributed by atoms with Crippen molar-refractivity contribution in [2.75, 3.05) is 33.4 Å². The van der Waals surface area contributed by atoms with E-state index in [4.69, 9.17) is 9.47 Å². The first-order chi connectivity index (χ1) is 18.2. The number of piperidine rings is 1. The lowest BCUT2D eigenvalue weighted by molar-refractivity contribution is -0.144. The molecule has 1 aliphatic heterocycles. The van der Waals surface area contributed by atoms with Gasteiger partial charge in [-0.05, 0) is 57.0 Å². The molecule has 1 aromatic heterocycles. The molecule has 3 aromatic rings. The number of benzene rings is 2. The van der Waals surface area contributed by atoms with Gasteiger partial charge in [0.25, 0.3) is 0 Å². The molecule has 1 fully saturated rings. The topological polar surface area (TPSA) is 104 Å². The number of methoxy groups -OCH3 is 1. The van der Waals surface area contributed by atoms with Crippen molar-refractivity contribution in [2.24, 2.45) is 5.41 Å². The van der Waals surface area contributed by atoms with Crippen molar-refractivity contribution in [1.29, 1.82) is 0 Å². The maximum absolute atomic E-state index is 14.8. The van der Waals surface area contributed by atoms with Crippen LogP contribution in [0, 0.1) is 22.9 Å². The summed E-state index contributed by atoms with van der Waals surface area (Å²) < 4.78 is 52.2. The molecular weight excluding hydrogens is 503 g/mol. The molecular formula is C27H30F3N3O5. The zero-order valence-corrected chi connectivity index (χ0v) is 20.9. The Morgan fingerprint density at radius 1 is 1.13 bits per heavy atom. The molecule has 4 rings (SSSR count). The highest BCUT2D eigenvalue weighted by Gasteiger charge is 2.41. The highest BCUT2D eigenvalue weighted by atomic mass is 19.1. The molecule has 8 nitrogen and oxygen atoms in total. The second kappa shape index (κ2) is 12.0. The normalized spacial score (nSPS) is 16.3. The van der Waals surface area contributed by atoms with Gasteiger partial charge in [-0.1, -0.05) is 0 Å². The van der Waals surface area contributed by atoms with Gasteiger partial charge in [0.2, 0.25) is 5.91 Å². The third-order valence-corrected chi connectivity index (χ3v) is 7.21. The zero-order chi connectivity index (χ0) is 27.3. The first-order valence-electron chi connectivity index (χ1n) is 12.3. The van der Waals surface area contributed by atoms with Gasteiger partial charge in [-0.15, -0.1) is 0 Å². The lowest BCUT2D eigenvalue weighted by Gasteiger charge is -2.40. The van der Waals surface area contributed by atoms with Crippen LogP contribution in [0.1, 0.15) is 37.4 Å². The number of carbonyl (C=O) groups is 1. The highest BCUT2D eigenvalue weighted by Crippen LogP contribution is 2.40. The third-order valence-electron chi connectivity index (χ3n) is 7.21. The fourth-order valence-electron chi connectivity index (χ4n) is 5.01. The molecule has 1 atom stereocenters. The van der Waals surface area contributed by atoms with E-state index in [0.29, 0.717) is 49.1 Å². The number of hydroxylamine groups is 1. The second-order valence-electron chi connectivity index (χ2n) is 9.47. The number of aromatic nitrogens is 1. The maximum atomic E-state index is 14.8. The van der Waals surface area contributed by atoms with E-state index in [1.54, 1.807) is 23.7 Å². The summed E-state index contributed by atoms with van der Waals surface area (Å²) in [5.41, 5.74) is 1.37. The molecule has 0 radical (unpaired) electrons. The Hall–Kier alpha value is -3.41.